The van der Waals surface area contributed by atoms with Crippen LogP contribution in [0.3, 0.4) is 0 Å². The number of nitro benzene ring substituents is 1. The third-order valence-electron chi connectivity index (χ3n) is 3.50. The summed E-state index contributed by atoms with van der Waals surface area (Å²) in [5.74, 6) is 0.123. The van der Waals surface area contributed by atoms with E-state index in [-0.39, 0.29) is 5.69 Å². The fraction of sp³-hybridized carbons (Fsp3) is 0. The number of anilines is 1. The summed E-state index contributed by atoms with van der Waals surface area (Å²) in [5.41, 5.74) is 1.60. The minimum atomic E-state index is -0.492. The van der Waals surface area contributed by atoms with Crippen LogP contribution in [0.25, 0.3) is 17.5 Å². The maximum Gasteiger partial charge on any atom is 0.276 e. The van der Waals surface area contributed by atoms with Gasteiger partial charge in [0.25, 0.3) is 5.69 Å². The summed E-state index contributed by atoms with van der Waals surface area (Å²) in [7, 11) is 0. The Hall–Kier alpha value is -3.87. The van der Waals surface area contributed by atoms with Crippen molar-refractivity contribution in [2.45, 2.75) is 0 Å². The highest BCUT2D eigenvalue weighted by Gasteiger charge is 2.10. The van der Waals surface area contributed by atoms with E-state index in [4.69, 9.17) is 0 Å². The minimum absolute atomic E-state index is 0.0629. The molecule has 0 spiro atoms. The number of carbonyl (C=O) groups excluding carboxylic acids is 1. The van der Waals surface area contributed by atoms with Gasteiger partial charge in [-0.2, -0.15) is 0 Å². The predicted molar refractivity (Wildman–Crippen MR) is 98.2 cm³/mol. The van der Waals surface area contributed by atoms with Gasteiger partial charge >= 0.3 is 0 Å². The average molecular weight is 346 g/mol. The average Bonchev–Trinajstić information content (AvgIpc) is 2.68. The Bertz CT molecular complexity index is 954. The number of hydrogen-bond donors (Lipinski definition) is 1. The zero-order valence-corrected chi connectivity index (χ0v) is 13.6. The van der Waals surface area contributed by atoms with Crippen LogP contribution in [0.1, 0.15) is 5.56 Å². The fourth-order valence-electron chi connectivity index (χ4n) is 2.27. The Kier molecular flexibility index (Phi) is 5.09. The summed E-state index contributed by atoms with van der Waals surface area (Å²) in [6.07, 6.45) is 5.64. The molecule has 0 atom stereocenters. The van der Waals surface area contributed by atoms with E-state index < -0.39 is 10.8 Å². The van der Waals surface area contributed by atoms with Crippen LogP contribution >= 0.6 is 0 Å². The molecule has 0 unspecified atom stereocenters. The molecule has 1 aromatic heterocycles. The third kappa shape index (κ3) is 4.15. The first kappa shape index (κ1) is 17.0. The first-order valence-electron chi connectivity index (χ1n) is 7.73. The molecule has 0 aliphatic heterocycles. The van der Waals surface area contributed by atoms with Gasteiger partial charge in [0.15, 0.2) is 5.82 Å². The molecule has 1 amide bonds. The number of nitrogens with one attached hydrogen (secondary N) is 1. The lowest BCUT2D eigenvalue weighted by molar-refractivity contribution is -0.385. The van der Waals surface area contributed by atoms with Gasteiger partial charge in [0, 0.05) is 17.7 Å². The predicted octanol–water partition coefficient (Wildman–Crippen LogP) is 3.70. The molecule has 128 valence electrons. The number of para-hydroxylation sites is 1. The van der Waals surface area contributed by atoms with E-state index in [1.165, 1.54) is 30.6 Å². The largest absolute Gasteiger partial charge is 0.320 e. The summed E-state index contributed by atoms with van der Waals surface area (Å²) in [5, 5.41) is 13.6. The smallest absolute Gasteiger partial charge is 0.276 e. The molecule has 3 aromatic rings. The van der Waals surface area contributed by atoms with Crippen LogP contribution in [0.5, 0.6) is 0 Å². The molecule has 3 rings (SSSR count). The Labute approximate surface area is 149 Å². The number of hydrogen-bond acceptors (Lipinski definition) is 5. The normalized spacial score (nSPS) is 10.6. The van der Waals surface area contributed by atoms with Crippen molar-refractivity contribution in [3.63, 3.8) is 0 Å². The molecule has 0 fully saturated rings. The fourth-order valence-corrected chi connectivity index (χ4v) is 2.27. The topological polar surface area (TPSA) is 98.0 Å². The number of benzene rings is 2. The minimum Gasteiger partial charge on any atom is -0.320 e. The molecule has 7 nitrogen and oxygen atoms in total. The van der Waals surface area contributed by atoms with Gasteiger partial charge < -0.3 is 5.32 Å². The molecular formula is C19H14N4O3. The van der Waals surface area contributed by atoms with E-state index in [2.05, 4.69) is 15.3 Å². The Morgan fingerprint density at radius 3 is 2.35 bits per heavy atom. The second kappa shape index (κ2) is 7.80. The molecule has 0 radical (unpaired) electrons. The first-order chi connectivity index (χ1) is 12.6. The maximum atomic E-state index is 12.0. The van der Waals surface area contributed by atoms with Crippen LogP contribution in [-0.2, 0) is 4.79 Å². The number of nitro groups is 1. The van der Waals surface area contributed by atoms with Crippen molar-refractivity contribution in [2.24, 2.45) is 0 Å². The highest BCUT2D eigenvalue weighted by molar-refractivity contribution is 6.02. The maximum absolute atomic E-state index is 12.0. The monoisotopic (exact) mass is 346 g/mol. The Balaban J connectivity index is 1.68. The molecule has 0 saturated carbocycles. The second-order valence-electron chi connectivity index (χ2n) is 5.30. The summed E-state index contributed by atoms with van der Waals surface area (Å²) in [6, 6.07) is 15.7. The third-order valence-corrected chi connectivity index (χ3v) is 3.50. The number of amides is 1. The van der Waals surface area contributed by atoms with Crippen molar-refractivity contribution in [1.82, 2.24) is 9.97 Å². The van der Waals surface area contributed by atoms with E-state index in [9.17, 15) is 14.9 Å². The van der Waals surface area contributed by atoms with Crippen molar-refractivity contribution in [1.29, 1.82) is 0 Å². The second-order valence-corrected chi connectivity index (χ2v) is 5.30. The van der Waals surface area contributed by atoms with Crippen LogP contribution in [-0.4, -0.2) is 20.8 Å². The highest BCUT2D eigenvalue weighted by atomic mass is 16.6. The molecule has 1 N–H and O–H groups in total. The van der Waals surface area contributed by atoms with Gasteiger partial charge in [0.1, 0.15) is 0 Å². The number of aromatic nitrogens is 2. The van der Waals surface area contributed by atoms with Crippen LogP contribution in [0.2, 0.25) is 0 Å². The molecule has 7 heteroatoms. The van der Waals surface area contributed by atoms with Gasteiger partial charge in [-0.25, -0.2) is 9.97 Å². The molecule has 0 aliphatic rings. The van der Waals surface area contributed by atoms with Crippen molar-refractivity contribution < 1.29 is 9.72 Å². The van der Waals surface area contributed by atoms with Crippen LogP contribution < -0.4 is 5.32 Å². The van der Waals surface area contributed by atoms with E-state index in [1.807, 2.05) is 30.3 Å². The molecule has 1 heterocycles. The first-order valence-corrected chi connectivity index (χ1v) is 7.73. The van der Waals surface area contributed by atoms with E-state index in [0.29, 0.717) is 17.1 Å². The van der Waals surface area contributed by atoms with Crippen LogP contribution in [0.4, 0.5) is 11.4 Å². The summed E-state index contributed by atoms with van der Waals surface area (Å²) in [6.45, 7) is 0. The van der Waals surface area contributed by atoms with Crippen molar-refractivity contribution in [3.8, 4) is 11.4 Å². The molecule has 0 aliphatic carbocycles. The Morgan fingerprint density at radius 2 is 1.65 bits per heavy atom. The van der Waals surface area contributed by atoms with E-state index >= 15 is 0 Å². The molecule has 2 aromatic carbocycles. The van der Waals surface area contributed by atoms with Crippen LogP contribution in [0, 0.1) is 10.1 Å². The van der Waals surface area contributed by atoms with Gasteiger partial charge in [0.2, 0.25) is 5.91 Å². The van der Waals surface area contributed by atoms with Gasteiger partial charge in [0.05, 0.1) is 28.6 Å². The van der Waals surface area contributed by atoms with Gasteiger partial charge in [-0.1, -0.05) is 42.5 Å². The van der Waals surface area contributed by atoms with Gasteiger partial charge in [-0.3, -0.25) is 14.9 Å². The molecule has 26 heavy (non-hydrogen) atoms. The van der Waals surface area contributed by atoms with Gasteiger partial charge in [-0.05, 0) is 12.1 Å². The SMILES string of the molecule is O=C(/C=C/c1ccccc1[N+](=O)[O-])Nc1cnc(-c2ccccc2)nc1. The number of carbonyl (C=O) groups is 1. The van der Waals surface area contributed by atoms with Crippen molar-refractivity contribution in [2.75, 3.05) is 5.32 Å². The zero-order valence-electron chi connectivity index (χ0n) is 13.6. The van der Waals surface area contributed by atoms with Crippen molar-refractivity contribution >= 4 is 23.4 Å². The molecule has 0 saturated heterocycles. The van der Waals surface area contributed by atoms with Crippen molar-refractivity contribution in [3.05, 3.63) is 88.7 Å². The zero-order chi connectivity index (χ0) is 18.4. The summed E-state index contributed by atoms with van der Waals surface area (Å²) < 4.78 is 0. The molecule has 0 bridgehead atoms. The lowest BCUT2D eigenvalue weighted by Crippen LogP contribution is -2.08. The lowest BCUT2D eigenvalue weighted by Gasteiger charge is -2.03. The van der Waals surface area contributed by atoms with Crippen LogP contribution in [0.15, 0.2) is 73.1 Å². The Morgan fingerprint density at radius 1 is 1.00 bits per heavy atom. The standard InChI is InChI=1S/C19H14N4O3/c24-18(11-10-14-6-4-5-9-17(14)23(25)26)22-16-12-20-19(21-13-16)15-7-2-1-3-8-15/h1-13H,(H,22,24)/b11-10+. The lowest BCUT2D eigenvalue weighted by atomic mass is 10.1. The quantitative estimate of drug-likeness (QED) is 0.431. The molecular weight excluding hydrogens is 332 g/mol. The van der Waals surface area contributed by atoms with E-state index in [0.717, 1.165) is 5.56 Å². The highest BCUT2D eigenvalue weighted by Crippen LogP contribution is 2.19. The van der Waals surface area contributed by atoms with E-state index in [1.54, 1.807) is 18.2 Å². The van der Waals surface area contributed by atoms with Gasteiger partial charge in [-0.15, -0.1) is 0 Å². The number of rotatable bonds is 5. The summed E-state index contributed by atoms with van der Waals surface area (Å²) in [4.78, 5) is 30.9. The number of nitrogens with zero attached hydrogens (tertiary/aromatic N) is 3. The summed E-state index contributed by atoms with van der Waals surface area (Å²) >= 11 is 0.